The number of hydrogen-bond donors (Lipinski definition) is 2. The van der Waals surface area contributed by atoms with Crippen molar-refractivity contribution in [3.63, 3.8) is 0 Å². The molecule has 2 aromatic rings. The van der Waals surface area contributed by atoms with Gasteiger partial charge in [0.1, 0.15) is 5.75 Å². The first kappa shape index (κ1) is 17.3. The summed E-state index contributed by atoms with van der Waals surface area (Å²) in [5.41, 5.74) is 1.43. The van der Waals surface area contributed by atoms with E-state index in [1.165, 1.54) is 26.2 Å². The molecule has 7 nitrogen and oxygen atoms in total. The van der Waals surface area contributed by atoms with Gasteiger partial charge in [-0.1, -0.05) is 24.4 Å². The van der Waals surface area contributed by atoms with E-state index in [1.807, 2.05) is 6.07 Å². The van der Waals surface area contributed by atoms with Gasteiger partial charge in [-0.3, -0.25) is 4.79 Å². The van der Waals surface area contributed by atoms with Gasteiger partial charge in [0.15, 0.2) is 5.82 Å². The third-order valence-electron chi connectivity index (χ3n) is 4.41. The van der Waals surface area contributed by atoms with Crippen LogP contribution in [0.2, 0.25) is 0 Å². The fourth-order valence-corrected chi connectivity index (χ4v) is 3.12. The van der Waals surface area contributed by atoms with Crippen molar-refractivity contribution >= 4 is 17.3 Å². The number of ether oxygens (including phenoxy) is 1. The van der Waals surface area contributed by atoms with Gasteiger partial charge in [-0.2, -0.15) is 4.98 Å². The van der Waals surface area contributed by atoms with Gasteiger partial charge in [0.2, 0.25) is 11.8 Å². The van der Waals surface area contributed by atoms with E-state index >= 15 is 0 Å². The average molecular weight is 344 g/mol. The molecule has 25 heavy (non-hydrogen) atoms. The van der Waals surface area contributed by atoms with Gasteiger partial charge in [0, 0.05) is 18.9 Å². The van der Waals surface area contributed by atoms with Crippen molar-refractivity contribution in [3.05, 3.63) is 29.9 Å². The molecule has 0 saturated heterocycles. The molecule has 1 aromatic carbocycles. The number of carbonyl (C=O) groups is 1. The first-order valence-electron chi connectivity index (χ1n) is 8.67. The van der Waals surface area contributed by atoms with Crippen molar-refractivity contribution in [1.82, 2.24) is 10.1 Å². The topological polar surface area (TPSA) is 89.3 Å². The lowest BCUT2D eigenvalue weighted by Crippen LogP contribution is -2.10. The third-order valence-corrected chi connectivity index (χ3v) is 4.41. The van der Waals surface area contributed by atoms with Crippen molar-refractivity contribution in [2.45, 2.75) is 51.5 Å². The predicted octanol–water partition coefficient (Wildman–Crippen LogP) is 3.70. The number of carbonyl (C=O) groups excluding carboxylic acids is 1. The van der Waals surface area contributed by atoms with Crippen molar-refractivity contribution in [2.75, 3.05) is 17.7 Å². The zero-order valence-corrected chi connectivity index (χ0v) is 14.7. The van der Waals surface area contributed by atoms with Gasteiger partial charge in [-0.25, -0.2) is 0 Å². The van der Waals surface area contributed by atoms with Gasteiger partial charge < -0.3 is 19.9 Å². The van der Waals surface area contributed by atoms with E-state index in [0.717, 1.165) is 24.4 Å². The Morgan fingerprint density at radius 1 is 1.28 bits per heavy atom. The molecule has 1 saturated carbocycles. The number of amides is 1. The predicted molar refractivity (Wildman–Crippen MR) is 94.7 cm³/mol. The van der Waals surface area contributed by atoms with Crippen LogP contribution in [0.15, 0.2) is 22.7 Å². The summed E-state index contributed by atoms with van der Waals surface area (Å²) in [6.45, 7) is 1.89. The highest BCUT2D eigenvalue weighted by atomic mass is 16.5. The number of nitrogens with zero attached hydrogens (tertiary/aromatic N) is 2. The molecule has 0 radical (unpaired) electrons. The van der Waals surface area contributed by atoms with Crippen LogP contribution < -0.4 is 15.4 Å². The molecule has 0 unspecified atom stereocenters. The smallest absolute Gasteiger partial charge is 0.229 e. The summed E-state index contributed by atoms with van der Waals surface area (Å²) >= 11 is 0. The number of methoxy groups -OCH3 is 1. The molecule has 1 amide bonds. The molecule has 0 spiro atoms. The first-order valence-corrected chi connectivity index (χ1v) is 8.67. The fraction of sp³-hybridized carbons (Fsp3) is 0.500. The summed E-state index contributed by atoms with van der Waals surface area (Å²) in [4.78, 5) is 15.9. The average Bonchev–Trinajstić information content (AvgIpc) is 3.10. The lowest BCUT2D eigenvalue weighted by Gasteiger charge is -2.17. The van der Waals surface area contributed by atoms with Crippen LogP contribution in [0.25, 0.3) is 0 Å². The maximum absolute atomic E-state index is 11.4. The van der Waals surface area contributed by atoms with Crippen LogP contribution >= 0.6 is 0 Å². The Kier molecular flexibility index (Phi) is 5.53. The van der Waals surface area contributed by atoms with Crippen molar-refractivity contribution in [3.8, 4) is 5.75 Å². The molecule has 7 heteroatoms. The number of rotatable bonds is 6. The normalized spacial score (nSPS) is 15.0. The number of aromatic nitrogens is 2. The highest BCUT2D eigenvalue weighted by Crippen LogP contribution is 2.32. The summed E-state index contributed by atoms with van der Waals surface area (Å²) in [6, 6.07) is 5.42. The van der Waals surface area contributed by atoms with E-state index in [-0.39, 0.29) is 5.91 Å². The van der Waals surface area contributed by atoms with E-state index in [0.29, 0.717) is 29.7 Å². The molecule has 1 heterocycles. The van der Waals surface area contributed by atoms with E-state index in [4.69, 9.17) is 9.26 Å². The molecule has 0 bridgehead atoms. The molecular formula is C18H24N4O3. The molecule has 0 aliphatic heterocycles. The molecule has 1 fully saturated rings. The largest absolute Gasteiger partial charge is 0.497 e. The molecular weight excluding hydrogens is 320 g/mol. The molecule has 2 N–H and O–H groups in total. The zero-order chi connectivity index (χ0) is 17.6. The lowest BCUT2D eigenvalue weighted by atomic mass is 9.89. The first-order chi connectivity index (χ1) is 12.2. The van der Waals surface area contributed by atoms with Crippen LogP contribution in [0.4, 0.5) is 11.4 Å². The number of benzene rings is 1. The molecule has 1 aromatic heterocycles. The van der Waals surface area contributed by atoms with Gasteiger partial charge in [0.25, 0.3) is 0 Å². The van der Waals surface area contributed by atoms with Crippen molar-refractivity contribution in [1.29, 1.82) is 0 Å². The highest BCUT2D eigenvalue weighted by Gasteiger charge is 2.21. The Balaban J connectivity index is 1.68. The van der Waals surface area contributed by atoms with Crippen LogP contribution in [-0.4, -0.2) is 23.2 Å². The quantitative estimate of drug-likeness (QED) is 0.830. The lowest BCUT2D eigenvalue weighted by molar-refractivity contribution is -0.114. The second-order valence-electron chi connectivity index (χ2n) is 6.33. The van der Waals surface area contributed by atoms with E-state index in [2.05, 4.69) is 20.8 Å². The summed E-state index contributed by atoms with van der Waals surface area (Å²) in [6.07, 6.45) is 5.99. The number of nitrogens with one attached hydrogen (secondary N) is 2. The minimum Gasteiger partial charge on any atom is -0.497 e. The standard InChI is InChI=1S/C18H24N4O3/c1-12(23)20-15-9-8-14(24-2)10-16(15)19-11-17-21-18(25-22-17)13-6-4-3-5-7-13/h8-10,13,19H,3-7,11H2,1-2H3,(H,20,23). The monoisotopic (exact) mass is 344 g/mol. The van der Waals surface area contributed by atoms with Gasteiger partial charge in [-0.05, 0) is 25.0 Å². The SMILES string of the molecule is COc1ccc(NC(C)=O)c(NCc2noc(C3CCCCC3)n2)c1. The van der Waals surface area contributed by atoms with Crippen LogP contribution in [-0.2, 0) is 11.3 Å². The second-order valence-corrected chi connectivity index (χ2v) is 6.33. The van der Waals surface area contributed by atoms with Gasteiger partial charge in [-0.15, -0.1) is 0 Å². The molecule has 3 rings (SSSR count). The van der Waals surface area contributed by atoms with E-state index in [1.54, 1.807) is 19.2 Å². The Bertz CT molecular complexity index is 723. The van der Waals surface area contributed by atoms with Crippen LogP contribution in [0.5, 0.6) is 5.75 Å². The maximum Gasteiger partial charge on any atom is 0.229 e. The van der Waals surface area contributed by atoms with Gasteiger partial charge >= 0.3 is 0 Å². The summed E-state index contributed by atoms with van der Waals surface area (Å²) in [7, 11) is 1.60. The van der Waals surface area contributed by atoms with Crippen molar-refractivity contribution < 1.29 is 14.1 Å². The van der Waals surface area contributed by atoms with Crippen LogP contribution in [0, 0.1) is 0 Å². The molecule has 1 aliphatic rings. The molecule has 1 aliphatic carbocycles. The second kappa shape index (κ2) is 8.00. The Labute approximate surface area is 147 Å². The Hall–Kier alpha value is -2.57. The minimum absolute atomic E-state index is 0.132. The number of hydrogen-bond acceptors (Lipinski definition) is 6. The number of anilines is 2. The Morgan fingerprint density at radius 3 is 2.80 bits per heavy atom. The van der Waals surface area contributed by atoms with Crippen LogP contribution in [0.1, 0.15) is 56.7 Å². The van der Waals surface area contributed by atoms with Crippen LogP contribution in [0.3, 0.4) is 0 Å². The summed E-state index contributed by atoms with van der Waals surface area (Å²) in [5.74, 6) is 2.31. The van der Waals surface area contributed by atoms with Gasteiger partial charge in [0.05, 0.1) is 25.0 Å². The fourth-order valence-electron chi connectivity index (χ4n) is 3.12. The maximum atomic E-state index is 11.4. The zero-order valence-electron chi connectivity index (χ0n) is 14.7. The van der Waals surface area contributed by atoms with E-state index < -0.39 is 0 Å². The summed E-state index contributed by atoms with van der Waals surface area (Å²) in [5, 5.41) is 10.1. The molecule has 134 valence electrons. The Morgan fingerprint density at radius 2 is 2.08 bits per heavy atom. The van der Waals surface area contributed by atoms with E-state index in [9.17, 15) is 4.79 Å². The summed E-state index contributed by atoms with van der Waals surface area (Å²) < 4.78 is 10.7. The van der Waals surface area contributed by atoms with Crippen molar-refractivity contribution in [2.24, 2.45) is 0 Å². The molecule has 0 atom stereocenters. The minimum atomic E-state index is -0.132. The third kappa shape index (κ3) is 4.49. The highest BCUT2D eigenvalue weighted by molar-refractivity contribution is 5.92.